The molecule has 0 spiro atoms. The first-order chi connectivity index (χ1) is 11.3. The lowest BCUT2D eigenvalue weighted by atomic mass is 10.1. The third-order valence-corrected chi connectivity index (χ3v) is 6.07. The van der Waals surface area contributed by atoms with E-state index in [9.17, 15) is 0 Å². The summed E-state index contributed by atoms with van der Waals surface area (Å²) in [7, 11) is 0. The first-order valence-electron chi connectivity index (χ1n) is 7.41. The number of rotatable bonds is 0. The average molecular weight is 394 g/mol. The molecule has 124 valence electrons. The van der Waals surface area contributed by atoms with E-state index in [1.807, 2.05) is 26.8 Å². The molecule has 0 N–H and O–H groups in total. The van der Waals surface area contributed by atoms with E-state index < -0.39 is 0 Å². The second kappa shape index (κ2) is 7.04. The van der Waals surface area contributed by atoms with Crippen molar-refractivity contribution in [3.63, 3.8) is 0 Å². The second-order valence-corrected chi connectivity index (χ2v) is 9.14. The van der Waals surface area contributed by atoms with Gasteiger partial charge in [0.05, 0.1) is 14.6 Å². The standard InChI is InChI=1S/C9H9NS2.C8H7ClN2S/c1-5-3-8-7(6(2)10-5)4-9(11)12-8;1-4-3-6-7(5(2)10-4)11-8(9)12-6/h3H,4H2,1-2H3;3H,1-2H3. The van der Waals surface area contributed by atoms with E-state index in [0.29, 0.717) is 4.47 Å². The van der Waals surface area contributed by atoms with Crippen LogP contribution in [0, 0.1) is 27.7 Å². The Morgan fingerprint density at radius 2 is 1.67 bits per heavy atom. The van der Waals surface area contributed by atoms with Crippen molar-refractivity contribution in [2.24, 2.45) is 0 Å². The number of hydrogen-bond acceptors (Lipinski definition) is 6. The van der Waals surface area contributed by atoms with Crippen molar-refractivity contribution in [3.05, 3.63) is 44.9 Å². The SMILES string of the molecule is Cc1cc2c(c(C)n1)CC(=S)S2.Cc1cc2sc(Cl)nc2c(C)n1. The third kappa shape index (κ3) is 3.77. The van der Waals surface area contributed by atoms with Gasteiger partial charge in [0.1, 0.15) is 5.52 Å². The molecule has 0 atom stereocenters. The molecule has 4 heterocycles. The largest absolute Gasteiger partial charge is 0.258 e. The van der Waals surface area contributed by atoms with Gasteiger partial charge in [-0.25, -0.2) is 4.98 Å². The highest BCUT2D eigenvalue weighted by atomic mass is 35.5. The Balaban J connectivity index is 0.000000141. The Hall–Kier alpha value is -1.08. The van der Waals surface area contributed by atoms with Gasteiger partial charge < -0.3 is 0 Å². The summed E-state index contributed by atoms with van der Waals surface area (Å²) in [4.78, 5) is 14.2. The van der Waals surface area contributed by atoms with Gasteiger partial charge >= 0.3 is 0 Å². The van der Waals surface area contributed by atoms with Crippen molar-refractivity contribution < 1.29 is 0 Å². The summed E-state index contributed by atoms with van der Waals surface area (Å²) in [6, 6.07) is 4.12. The Bertz CT molecular complexity index is 950. The zero-order chi connectivity index (χ0) is 17.4. The van der Waals surface area contributed by atoms with Crippen molar-refractivity contribution >= 4 is 61.3 Å². The topological polar surface area (TPSA) is 38.7 Å². The molecule has 24 heavy (non-hydrogen) atoms. The summed E-state index contributed by atoms with van der Waals surface area (Å²) in [5, 5.41) is 0. The molecule has 1 aliphatic heterocycles. The summed E-state index contributed by atoms with van der Waals surface area (Å²) in [6.07, 6.45) is 0.925. The van der Waals surface area contributed by atoms with Crippen LogP contribution in [-0.4, -0.2) is 19.1 Å². The van der Waals surface area contributed by atoms with Crippen molar-refractivity contribution in [2.75, 3.05) is 0 Å². The first kappa shape index (κ1) is 17.7. The number of aromatic nitrogens is 3. The number of thiazole rings is 1. The van der Waals surface area contributed by atoms with Crippen LogP contribution < -0.4 is 0 Å². The van der Waals surface area contributed by atoms with Gasteiger partial charge in [0.2, 0.25) is 0 Å². The average Bonchev–Trinajstić information content (AvgIpc) is 3.01. The van der Waals surface area contributed by atoms with E-state index in [1.165, 1.54) is 21.8 Å². The fourth-order valence-electron chi connectivity index (χ4n) is 2.63. The van der Waals surface area contributed by atoms with Crippen LogP contribution in [0.1, 0.15) is 28.3 Å². The maximum absolute atomic E-state index is 5.79. The van der Waals surface area contributed by atoms with Gasteiger partial charge in [-0.05, 0) is 45.4 Å². The summed E-state index contributed by atoms with van der Waals surface area (Å²) >= 11 is 14.2. The minimum atomic E-state index is 0.584. The third-order valence-electron chi connectivity index (χ3n) is 3.62. The lowest BCUT2D eigenvalue weighted by molar-refractivity contribution is 1.03. The maximum atomic E-state index is 5.79. The van der Waals surface area contributed by atoms with Gasteiger partial charge in [-0.15, -0.1) is 11.3 Å². The van der Waals surface area contributed by atoms with Crippen molar-refractivity contribution in [2.45, 2.75) is 39.0 Å². The number of nitrogens with zero attached hydrogens (tertiary/aromatic N) is 3. The number of fused-ring (bicyclic) bond motifs is 2. The highest BCUT2D eigenvalue weighted by Crippen LogP contribution is 2.35. The van der Waals surface area contributed by atoms with Crippen LogP contribution >= 0.6 is 46.9 Å². The van der Waals surface area contributed by atoms with Crippen LogP contribution in [0.3, 0.4) is 0 Å². The van der Waals surface area contributed by atoms with Gasteiger partial charge in [0.25, 0.3) is 0 Å². The molecule has 1 aliphatic rings. The lowest BCUT2D eigenvalue weighted by Gasteiger charge is -2.02. The Labute approximate surface area is 159 Å². The predicted octanol–water partition coefficient (Wildman–Crippen LogP) is 5.64. The number of halogens is 1. The Morgan fingerprint density at radius 3 is 2.42 bits per heavy atom. The van der Waals surface area contributed by atoms with Gasteiger partial charge in [0.15, 0.2) is 4.47 Å². The minimum Gasteiger partial charge on any atom is -0.258 e. The molecular formula is C17H16ClN3S3. The molecule has 0 fully saturated rings. The molecule has 0 amide bonds. The molecule has 0 unspecified atom stereocenters. The molecule has 3 nitrogen and oxygen atoms in total. The monoisotopic (exact) mass is 393 g/mol. The molecule has 0 radical (unpaired) electrons. The number of hydrogen-bond donors (Lipinski definition) is 0. The number of thioether (sulfide) groups is 1. The fraction of sp³-hybridized carbons (Fsp3) is 0.294. The van der Waals surface area contributed by atoms with Crippen LogP contribution in [0.2, 0.25) is 4.47 Å². The van der Waals surface area contributed by atoms with Crippen LogP contribution in [0.4, 0.5) is 0 Å². The van der Waals surface area contributed by atoms with Crippen LogP contribution in [-0.2, 0) is 6.42 Å². The summed E-state index contributed by atoms with van der Waals surface area (Å²) in [5.74, 6) is 0. The zero-order valence-electron chi connectivity index (χ0n) is 13.8. The van der Waals surface area contributed by atoms with E-state index in [0.717, 1.165) is 43.6 Å². The summed E-state index contributed by atoms with van der Waals surface area (Å²) < 4.78 is 2.77. The quantitative estimate of drug-likeness (QED) is 0.462. The number of aryl methyl sites for hydroxylation is 4. The normalized spacial score (nSPS) is 13.0. The van der Waals surface area contributed by atoms with E-state index >= 15 is 0 Å². The molecule has 4 rings (SSSR count). The molecule has 0 saturated carbocycles. The number of thiocarbonyl (C=S) groups is 1. The molecule has 0 aliphatic carbocycles. The smallest absolute Gasteiger partial charge is 0.184 e. The highest BCUT2D eigenvalue weighted by molar-refractivity contribution is 8.23. The number of pyridine rings is 2. The van der Waals surface area contributed by atoms with E-state index in [4.69, 9.17) is 23.8 Å². The second-order valence-electron chi connectivity index (χ2n) is 5.64. The van der Waals surface area contributed by atoms with Gasteiger partial charge in [-0.2, -0.15) is 0 Å². The predicted molar refractivity (Wildman–Crippen MR) is 108 cm³/mol. The fourth-order valence-corrected chi connectivity index (χ4v) is 5.25. The van der Waals surface area contributed by atoms with Gasteiger partial charge in [-0.1, -0.05) is 35.6 Å². The first-order valence-corrected chi connectivity index (χ1v) is 9.83. The van der Waals surface area contributed by atoms with E-state index in [1.54, 1.807) is 11.8 Å². The van der Waals surface area contributed by atoms with Crippen molar-refractivity contribution in [1.29, 1.82) is 0 Å². The minimum absolute atomic E-state index is 0.584. The van der Waals surface area contributed by atoms with Gasteiger partial charge in [-0.3, -0.25) is 9.97 Å². The van der Waals surface area contributed by atoms with Gasteiger partial charge in [0, 0.05) is 28.4 Å². The van der Waals surface area contributed by atoms with Crippen LogP contribution in [0.25, 0.3) is 10.2 Å². The maximum Gasteiger partial charge on any atom is 0.184 e. The highest BCUT2D eigenvalue weighted by Gasteiger charge is 2.19. The molecule has 0 saturated heterocycles. The van der Waals surface area contributed by atoms with E-state index in [2.05, 4.69) is 27.9 Å². The molecule has 3 aromatic heterocycles. The molecular weight excluding hydrogens is 378 g/mol. The lowest BCUT2D eigenvalue weighted by Crippen LogP contribution is -1.93. The Morgan fingerprint density at radius 1 is 1.00 bits per heavy atom. The van der Waals surface area contributed by atoms with Crippen molar-refractivity contribution in [3.8, 4) is 0 Å². The summed E-state index contributed by atoms with van der Waals surface area (Å²) in [5.41, 5.74) is 6.44. The van der Waals surface area contributed by atoms with Crippen molar-refractivity contribution in [1.82, 2.24) is 15.0 Å². The Kier molecular flexibility index (Phi) is 5.20. The van der Waals surface area contributed by atoms with Crippen LogP contribution in [0.5, 0.6) is 0 Å². The zero-order valence-corrected chi connectivity index (χ0v) is 17.0. The molecule has 7 heteroatoms. The van der Waals surface area contributed by atoms with Crippen LogP contribution in [0.15, 0.2) is 17.0 Å². The molecule has 0 aromatic carbocycles. The van der Waals surface area contributed by atoms with E-state index in [-0.39, 0.29) is 0 Å². The molecule has 0 bridgehead atoms. The molecule has 3 aromatic rings. The summed E-state index contributed by atoms with van der Waals surface area (Å²) in [6.45, 7) is 8.00.